The number of nitrogens with zero attached hydrogens (tertiary/aromatic N) is 4. The average Bonchev–Trinajstić information content (AvgIpc) is 2.96. The van der Waals surface area contributed by atoms with E-state index in [1.807, 2.05) is 30.3 Å². The van der Waals surface area contributed by atoms with Gasteiger partial charge in [0.25, 0.3) is 0 Å². The Morgan fingerprint density at radius 1 is 1.08 bits per heavy atom. The highest BCUT2D eigenvalue weighted by Gasteiger charge is 2.23. The van der Waals surface area contributed by atoms with Gasteiger partial charge >= 0.3 is 6.03 Å². The minimum atomic E-state index is -0.261. The quantitative estimate of drug-likeness (QED) is 0.864. The molecule has 0 bridgehead atoms. The number of amides is 3. The number of para-hydroxylation sites is 1. The lowest BCUT2D eigenvalue weighted by molar-refractivity contribution is -0.130. The lowest BCUT2D eigenvalue weighted by Crippen LogP contribution is -2.51. The van der Waals surface area contributed by atoms with E-state index < -0.39 is 0 Å². The third-order valence-corrected chi connectivity index (χ3v) is 4.00. The van der Waals surface area contributed by atoms with Crippen LogP contribution in [0.4, 0.5) is 16.3 Å². The lowest BCUT2D eigenvalue weighted by Gasteiger charge is -2.33. The Kier molecular flexibility index (Phi) is 4.37. The van der Waals surface area contributed by atoms with Crippen LogP contribution < -0.4 is 11.1 Å². The van der Waals surface area contributed by atoms with Crippen molar-refractivity contribution in [3.05, 3.63) is 36.5 Å². The third kappa shape index (κ3) is 3.32. The topological polar surface area (TPSA) is 96.5 Å². The lowest BCUT2D eigenvalue weighted by atomic mass is 10.3. The van der Waals surface area contributed by atoms with Crippen molar-refractivity contribution in [3.8, 4) is 5.69 Å². The maximum absolute atomic E-state index is 12.3. The van der Waals surface area contributed by atoms with E-state index in [2.05, 4.69) is 10.4 Å². The first-order valence-electron chi connectivity index (χ1n) is 7.76. The number of anilines is 2. The fourth-order valence-corrected chi connectivity index (χ4v) is 2.60. The van der Waals surface area contributed by atoms with Gasteiger partial charge in [-0.1, -0.05) is 18.2 Å². The number of carbonyl (C=O) groups excluding carboxylic acids is 2. The number of hydrogen-bond acceptors (Lipinski definition) is 4. The van der Waals surface area contributed by atoms with E-state index in [1.165, 1.54) is 6.92 Å². The van der Waals surface area contributed by atoms with Crippen LogP contribution in [-0.2, 0) is 4.79 Å². The normalized spacial score (nSPS) is 14.5. The fraction of sp³-hybridized carbons (Fsp3) is 0.312. The monoisotopic (exact) mass is 328 g/mol. The number of urea groups is 1. The molecule has 0 atom stereocenters. The van der Waals surface area contributed by atoms with E-state index in [-0.39, 0.29) is 11.9 Å². The summed E-state index contributed by atoms with van der Waals surface area (Å²) < 4.78 is 1.62. The Labute approximate surface area is 139 Å². The molecule has 0 spiro atoms. The SMILES string of the molecule is CC(=O)N1CCN(C(=O)Nc2nn(-c3ccccc3)cc2N)CC1. The molecule has 0 unspecified atom stereocenters. The highest BCUT2D eigenvalue weighted by atomic mass is 16.2. The predicted molar refractivity (Wildman–Crippen MR) is 90.8 cm³/mol. The molecule has 126 valence electrons. The van der Waals surface area contributed by atoms with Gasteiger partial charge in [0.1, 0.15) is 0 Å². The van der Waals surface area contributed by atoms with E-state index in [9.17, 15) is 9.59 Å². The van der Waals surface area contributed by atoms with Crippen LogP contribution in [0.1, 0.15) is 6.92 Å². The van der Waals surface area contributed by atoms with E-state index in [0.29, 0.717) is 37.7 Å². The number of hydrogen-bond donors (Lipinski definition) is 2. The third-order valence-electron chi connectivity index (χ3n) is 4.00. The molecule has 1 saturated heterocycles. The zero-order valence-electron chi connectivity index (χ0n) is 13.5. The molecule has 3 rings (SSSR count). The summed E-state index contributed by atoms with van der Waals surface area (Å²) in [5.74, 6) is 0.360. The van der Waals surface area contributed by atoms with Gasteiger partial charge in [-0.05, 0) is 12.1 Å². The summed E-state index contributed by atoms with van der Waals surface area (Å²) in [7, 11) is 0. The summed E-state index contributed by atoms with van der Waals surface area (Å²) in [4.78, 5) is 27.1. The van der Waals surface area contributed by atoms with Crippen LogP contribution in [0, 0.1) is 0 Å². The van der Waals surface area contributed by atoms with Crippen LogP contribution in [-0.4, -0.2) is 57.7 Å². The molecule has 24 heavy (non-hydrogen) atoms. The molecule has 1 aliphatic heterocycles. The molecule has 1 aromatic carbocycles. The summed E-state index contributed by atoms with van der Waals surface area (Å²) in [6, 6.07) is 9.26. The maximum atomic E-state index is 12.3. The Hall–Kier alpha value is -3.03. The first-order chi connectivity index (χ1) is 11.5. The average molecular weight is 328 g/mol. The second-order valence-corrected chi connectivity index (χ2v) is 5.64. The van der Waals surface area contributed by atoms with Gasteiger partial charge < -0.3 is 15.5 Å². The largest absolute Gasteiger partial charge is 0.394 e. The van der Waals surface area contributed by atoms with Crippen LogP contribution >= 0.6 is 0 Å². The van der Waals surface area contributed by atoms with E-state index in [1.54, 1.807) is 20.7 Å². The molecule has 0 aliphatic carbocycles. The number of nitrogen functional groups attached to an aromatic ring is 1. The van der Waals surface area contributed by atoms with Gasteiger partial charge in [-0.3, -0.25) is 10.1 Å². The predicted octanol–water partition coefficient (Wildman–Crippen LogP) is 1.15. The summed E-state index contributed by atoms with van der Waals surface area (Å²) in [5, 5.41) is 7.07. The van der Waals surface area contributed by atoms with Crippen LogP contribution in [0.3, 0.4) is 0 Å². The summed E-state index contributed by atoms with van der Waals surface area (Å²) in [5.41, 5.74) is 7.21. The maximum Gasteiger partial charge on any atom is 0.323 e. The minimum Gasteiger partial charge on any atom is -0.394 e. The smallest absolute Gasteiger partial charge is 0.323 e. The molecular formula is C16H20N6O2. The number of carbonyl (C=O) groups is 2. The Bertz CT molecular complexity index is 734. The number of benzene rings is 1. The number of nitrogens with one attached hydrogen (secondary N) is 1. The second kappa shape index (κ2) is 6.61. The number of piperazine rings is 1. The molecule has 1 fully saturated rings. The molecule has 1 aliphatic rings. The van der Waals surface area contributed by atoms with Crippen LogP contribution in [0.2, 0.25) is 0 Å². The van der Waals surface area contributed by atoms with E-state index in [4.69, 9.17) is 5.73 Å². The fourth-order valence-electron chi connectivity index (χ4n) is 2.60. The van der Waals surface area contributed by atoms with Gasteiger partial charge in [-0.15, -0.1) is 5.10 Å². The Morgan fingerprint density at radius 3 is 2.33 bits per heavy atom. The zero-order valence-corrected chi connectivity index (χ0v) is 13.5. The standard InChI is InChI=1S/C16H20N6O2/c1-12(23)20-7-9-21(10-8-20)16(24)18-15-14(17)11-22(19-15)13-5-3-2-4-6-13/h2-6,11H,7-10,17H2,1H3,(H,18,19,24). The summed E-state index contributed by atoms with van der Waals surface area (Å²) >= 11 is 0. The van der Waals surface area contributed by atoms with Gasteiger partial charge in [0.05, 0.1) is 17.6 Å². The van der Waals surface area contributed by atoms with Crippen LogP contribution in [0.25, 0.3) is 5.69 Å². The van der Waals surface area contributed by atoms with E-state index >= 15 is 0 Å². The van der Waals surface area contributed by atoms with Gasteiger partial charge in [-0.2, -0.15) is 0 Å². The van der Waals surface area contributed by atoms with E-state index in [0.717, 1.165) is 5.69 Å². The van der Waals surface area contributed by atoms with Crippen molar-refractivity contribution in [2.24, 2.45) is 0 Å². The molecule has 8 nitrogen and oxygen atoms in total. The van der Waals surface area contributed by atoms with Crippen molar-refractivity contribution in [1.82, 2.24) is 19.6 Å². The number of rotatable bonds is 2. The number of nitrogens with two attached hydrogens (primary N) is 1. The van der Waals surface area contributed by atoms with Gasteiger partial charge in [-0.25, -0.2) is 9.48 Å². The first kappa shape index (κ1) is 15.9. The van der Waals surface area contributed by atoms with Crippen molar-refractivity contribution < 1.29 is 9.59 Å². The molecule has 1 aromatic heterocycles. The van der Waals surface area contributed by atoms with Gasteiger partial charge in [0, 0.05) is 33.1 Å². The van der Waals surface area contributed by atoms with Crippen LogP contribution in [0.15, 0.2) is 36.5 Å². The molecule has 0 radical (unpaired) electrons. The Balaban J connectivity index is 1.65. The Morgan fingerprint density at radius 2 is 1.71 bits per heavy atom. The van der Waals surface area contributed by atoms with Crippen molar-refractivity contribution in [2.75, 3.05) is 37.2 Å². The molecule has 2 heterocycles. The van der Waals surface area contributed by atoms with Crippen molar-refractivity contribution in [3.63, 3.8) is 0 Å². The van der Waals surface area contributed by atoms with Crippen LogP contribution in [0.5, 0.6) is 0 Å². The molecule has 3 amide bonds. The highest BCUT2D eigenvalue weighted by Crippen LogP contribution is 2.19. The van der Waals surface area contributed by atoms with Gasteiger partial charge in [0.2, 0.25) is 5.91 Å². The first-order valence-corrected chi connectivity index (χ1v) is 7.76. The van der Waals surface area contributed by atoms with Crippen molar-refractivity contribution in [1.29, 1.82) is 0 Å². The molecular weight excluding hydrogens is 308 g/mol. The number of aromatic nitrogens is 2. The minimum absolute atomic E-state index is 0.0286. The summed E-state index contributed by atoms with van der Waals surface area (Å²) in [6.07, 6.45) is 1.67. The molecule has 3 N–H and O–H groups in total. The van der Waals surface area contributed by atoms with Crippen molar-refractivity contribution >= 4 is 23.4 Å². The highest BCUT2D eigenvalue weighted by molar-refractivity contribution is 5.91. The molecule has 0 saturated carbocycles. The molecule has 8 heteroatoms. The van der Waals surface area contributed by atoms with Gasteiger partial charge in [0.15, 0.2) is 5.82 Å². The second-order valence-electron chi connectivity index (χ2n) is 5.64. The molecule has 2 aromatic rings. The van der Waals surface area contributed by atoms with Crippen molar-refractivity contribution in [2.45, 2.75) is 6.92 Å². The zero-order chi connectivity index (χ0) is 17.1. The summed E-state index contributed by atoms with van der Waals surface area (Å²) in [6.45, 7) is 3.59.